The molecule has 0 radical (unpaired) electrons. The second kappa shape index (κ2) is 8.03. The van der Waals surface area contributed by atoms with E-state index >= 15 is 0 Å². The van der Waals surface area contributed by atoms with Gasteiger partial charge in [0.1, 0.15) is 6.33 Å². The molecule has 2 aromatic heterocycles. The molecule has 0 saturated carbocycles. The van der Waals surface area contributed by atoms with Gasteiger partial charge < -0.3 is 5.32 Å². The van der Waals surface area contributed by atoms with E-state index < -0.39 is 10.3 Å². The summed E-state index contributed by atoms with van der Waals surface area (Å²) in [7, 11) is -2.49. The van der Waals surface area contributed by atoms with E-state index in [0.29, 0.717) is 18.1 Å². The van der Waals surface area contributed by atoms with Crippen LogP contribution in [0.15, 0.2) is 36.0 Å². The Labute approximate surface area is 161 Å². The summed E-state index contributed by atoms with van der Waals surface area (Å²) >= 11 is 1.61. The van der Waals surface area contributed by atoms with Gasteiger partial charge in [-0.3, -0.25) is 14.0 Å². The maximum Gasteiger partial charge on any atom is 0.357 e. The molecule has 1 aromatic carbocycles. The Morgan fingerprint density at radius 1 is 1.30 bits per heavy atom. The van der Waals surface area contributed by atoms with Crippen LogP contribution in [0.25, 0.3) is 0 Å². The van der Waals surface area contributed by atoms with E-state index in [2.05, 4.69) is 27.3 Å². The largest absolute Gasteiger partial charge is 0.357 e. The van der Waals surface area contributed by atoms with E-state index in [0.717, 1.165) is 22.7 Å². The number of benzene rings is 1. The van der Waals surface area contributed by atoms with Crippen molar-refractivity contribution < 1.29 is 13.0 Å². The summed E-state index contributed by atoms with van der Waals surface area (Å²) in [6, 6.07) is 6.64. The van der Waals surface area contributed by atoms with Crippen molar-refractivity contribution in [2.75, 3.05) is 10.0 Å². The molecule has 2 heterocycles. The minimum absolute atomic E-state index is 0.135. The lowest BCUT2D eigenvalue weighted by Gasteiger charge is -2.16. The summed E-state index contributed by atoms with van der Waals surface area (Å²) in [6.07, 6.45) is 3.10. The van der Waals surface area contributed by atoms with Gasteiger partial charge in [0.15, 0.2) is 0 Å². The number of rotatable bonds is 8. The molecule has 0 aliphatic carbocycles. The fraction of sp³-hybridized carbons (Fsp3) is 0.312. The molecule has 27 heavy (non-hydrogen) atoms. The number of hydrogen-bond acceptors (Lipinski definition) is 7. The molecule has 0 aliphatic rings. The van der Waals surface area contributed by atoms with Crippen molar-refractivity contribution in [1.29, 1.82) is 0 Å². The van der Waals surface area contributed by atoms with Crippen molar-refractivity contribution in [3.63, 3.8) is 0 Å². The molecule has 11 heteroatoms. The Kier molecular flexibility index (Phi) is 5.73. The Bertz CT molecular complexity index is 997. The van der Waals surface area contributed by atoms with Gasteiger partial charge in [0.05, 0.1) is 22.4 Å². The maximum atomic E-state index is 10.9. The van der Waals surface area contributed by atoms with Gasteiger partial charge in [-0.2, -0.15) is 8.42 Å². The molecule has 0 fully saturated rings. The number of hydrogen-bond donors (Lipinski definition) is 3. The van der Waals surface area contributed by atoms with Gasteiger partial charge in [-0.25, -0.2) is 9.97 Å². The van der Waals surface area contributed by atoms with Gasteiger partial charge in [0.25, 0.3) is 0 Å². The highest BCUT2D eigenvalue weighted by atomic mass is 32.2. The lowest BCUT2D eigenvalue weighted by molar-refractivity contribution is 0.489. The van der Waals surface area contributed by atoms with E-state index in [9.17, 15) is 8.42 Å². The van der Waals surface area contributed by atoms with Crippen molar-refractivity contribution in [3.8, 4) is 0 Å². The highest BCUT2D eigenvalue weighted by molar-refractivity contribution is 7.87. The van der Waals surface area contributed by atoms with Crippen LogP contribution in [0.2, 0.25) is 0 Å². The molecule has 0 spiro atoms. The van der Waals surface area contributed by atoms with Gasteiger partial charge in [-0.05, 0) is 30.5 Å². The quantitative estimate of drug-likeness (QED) is 0.489. The number of aromatic nitrogens is 4. The molecule has 0 saturated heterocycles. The van der Waals surface area contributed by atoms with E-state index in [1.807, 2.05) is 10.1 Å². The van der Waals surface area contributed by atoms with Crippen LogP contribution in [0.3, 0.4) is 0 Å². The normalized spacial score (nSPS) is 12.7. The second-order valence-corrected chi connectivity index (χ2v) is 8.03. The highest BCUT2D eigenvalue weighted by Gasteiger charge is 2.18. The lowest BCUT2D eigenvalue weighted by atomic mass is 10.0. The van der Waals surface area contributed by atoms with Crippen LogP contribution < -0.4 is 10.0 Å². The number of nitrogens with zero attached hydrogens (tertiary/aromatic N) is 4. The lowest BCUT2D eigenvalue weighted by Crippen LogP contribution is -2.16. The van der Waals surface area contributed by atoms with E-state index in [4.69, 9.17) is 4.55 Å². The van der Waals surface area contributed by atoms with Crippen LogP contribution in [0.5, 0.6) is 0 Å². The average Bonchev–Trinajstić information content (AvgIpc) is 3.23. The highest BCUT2D eigenvalue weighted by Crippen LogP contribution is 2.25. The molecule has 0 unspecified atom stereocenters. The monoisotopic (exact) mass is 408 g/mol. The summed E-state index contributed by atoms with van der Waals surface area (Å²) in [5.41, 5.74) is 2.17. The predicted octanol–water partition coefficient (Wildman–Crippen LogP) is 2.44. The summed E-state index contributed by atoms with van der Waals surface area (Å²) < 4.78 is 34.3. The summed E-state index contributed by atoms with van der Waals surface area (Å²) in [5, 5.41) is 10.6. The van der Waals surface area contributed by atoms with Gasteiger partial charge in [0, 0.05) is 12.4 Å². The van der Waals surface area contributed by atoms with Gasteiger partial charge in [-0.15, -0.1) is 16.4 Å². The average molecular weight is 409 g/mol. The molecule has 9 nitrogen and oxygen atoms in total. The van der Waals surface area contributed by atoms with E-state index in [1.54, 1.807) is 53.7 Å². The summed E-state index contributed by atoms with van der Waals surface area (Å²) in [6.45, 7) is 2.06. The van der Waals surface area contributed by atoms with Crippen molar-refractivity contribution in [1.82, 2.24) is 19.7 Å². The summed E-state index contributed by atoms with van der Waals surface area (Å²) in [4.78, 5) is 8.88. The molecule has 0 aliphatic heterocycles. The molecular formula is C16H20N6O3S2. The standard InChI is InChI=1S/C16H20N6O3S2/c1-3-15-18-14(9-26-15)13(19-16-17-10-22(2)20-16)8-11-4-6-12(7-5-11)21-27(23,24)25/h4-7,9-10,13,21H,3,8H2,1-2H3,(H,19,20)(H,23,24,25)/t13-/m0/s1. The van der Waals surface area contributed by atoms with Gasteiger partial charge in [0.2, 0.25) is 5.95 Å². The van der Waals surface area contributed by atoms with Crippen LogP contribution >= 0.6 is 11.3 Å². The molecule has 144 valence electrons. The maximum absolute atomic E-state index is 10.9. The predicted molar refractivity (Wildman–Crippen MR) is 104 cm³/mol. The number of aryl methyl sites for hydroxylation is 2. The zero-order valence-electron chi connectivity index (χ0n) is 14.8. The third-order valence-corrected chi connectivity index (χ3v) is 5.28. The fourth-order valence-electron chi connectivity index (χ4n) is 2.53. The van der Waals surface area contributed by atoms with E-state index in [1.165, 1.54) is 0 Å². The molecule has 3 rings (SSSR count). The molecule has 3 aromatic rings. The van der Waals surface area contributed by atoms with Crippen LogP contribution in [0.1, 0.15) is 29.2 Å². The molecule has 0 amide bonds. The topological polar surface area (TPSA) is 122 Å². The number of nitrogens with one attached hydrogen (secondary N) is 2. The third-order valence-electron chi connectivity index (χ3n) is 3.77. The van der Waals surface area contributed by atoms with Crippen molar-refractivity contribution in [2.24, 2.45) is 7.05 Å². The Morgan fingerprint density at radius 3 is 2.59 bits per heavy atom. The first-order chi connectivity index (χ1) is 12.8. The minimum Gasteiger partial charge on any atom is -0.344 e. The Morgan fingerprint density at radius 2 is 2.04 bits per heavy atom. The van der Waals surface area contributed by atoms with Gasteiger partial charge in [-0.1, -0.05) is 19.1 Å². The van der Waals surface area contributed by atoms with E-state index in [-0.39, 0.29) is 6.04 Å². The third kappa shape index (κ3) is 5.49. The first kappa shape index (κ1) is 19.3. The summed E-state index contributed by atoms with van der Waals surface area (Å²) in [5.74, 6) is 0.512. The van der Waals surface area contributed by atoms with Crippen LogP contribution in [-0.4, -0.2) is 32.7 Å². The first-order valence-electron chi connectivity index (χ1n) is 8.23. The second-order valence-electron chi connectivity index (χ2n) is 5.94. The SMILES string of the molecule is CCc1nc([C@H](Cc2ccc(NS(=O)(=O)O)cc2)Nc2ncn(C)n2)cs1. The molecule has 1 atom stereocenters. The number of anilines is 2. The zero-order chi connectivity index (χ0) is 19.4. The van der Waals surface area contributed by atoms with Crippen molar-refractivity contribution in [3.05, 3.63) is 52.2 Å². The Hall–Kier alpha value is -2.50. The molecule has 3 N–H and O–H groups in total. The van der Waals surface area contributed by atoms with Crippen molar-refractivity contribution >= 4 is 33.3 Å². The molecule has 0 bridgehead atoms. The molecular weight excluding hydrogens is 388 g/mol. The smallest absolute Gasteiger partial charge is 0.344 e. The van der Waals surface area contributed by atoms with Crippen LogP contribution in [0.4, 0.5) is 11.6 Å². The minimum atomic E-state index is -4.28. The van der Waals surface area contributed by atoms with Crippen LogP contribution in [-0.2, 0) is 30.2 Å². The first-order valence-corrected chi connectivity index (χ1v) is 10.5. The van der Waals surface area contributed by atoms with Crippen molar-refractivity contribution in [2.45, 2.75) is 25.8 Å². The van der Waals surface area contributed by atoms with Gasteiger partial charge >= 0.3 is 10.3 Å². The fourth-order valence-corrected chi connectivity index (χ4v) is 3.76. The zero-order valence-corrected chi connectivity index (χ0v) is 16.5. The Balaban J connectivity index is 1.80. The van der Waals surface area contributed by atoms with Crippen LogP contribution in [0, 0.1) is 0 Å². The number of thiazole rings is 1.